The SMILES string of the molecule is CCC1CN(C(C#N)c2cc(OC)c(OC)c(OC)c2)CCN1C. The second-order valence-electron chi connectivity index (χ2n) is 6.03. The fourth-order valence-electron chi connectivity index (χ4n) is 3.27. The number of likely N-dealkylation sites (N-methyl/N-ethyl adjacent to an activating group) is 1. The summed E-state index contributed by atoms with van der Waals surface area (Å²) >= 11 is 0. The summed E-state index contributed by atoms with van der Waals surface area (Å²) in [6, 6.07) is 6.32. The molecule has 1 aromatic rings. The second kappa shape index (κ2) is 8.22. The molecule has 0 radical (unpaired) electrons. The quantitative estimate of drug-likeness (QED) is 0.796. The van der Waals surface area contributed by atoms with E-state index in [9.17, 15) is 5.26 Å². The van der Waals surface area contributed by atoms with E-state index in [1.54, 1.807) is 21.3 Å². The van der Waals surface area contributed by atoms with Gasteiger partial charge in [-0.15, -0.1) is 0 Å². The van der Waals surface area contributed by atoms with Crippen LogP contribution >= 0.6 is 0 Å². The Morgan fingerprint density at radius 1 is 1.17 bits per heavy atom. The zero-order chi connectivity index (χ0) is 17.7. The molecule has 0 aromatic heterocycles. The van der Waals surface area contributed by atoms with Gasteiger partial charge in [-0.05, 0) is 31.2 Å². The monoisotopic (exact) mass is 333 g/mol. The lowest BCUT2D eigenvalue weighted by molar-refractivity contribution is 0.0772. The molecule has 1 fully saturated rings. The van der Waals surface area contributed by atoms with Crippen LogP contribution in [0.3, 0.4) is 0 Å². The lowest BCUT2D eigenvalue weighted by Crippen LogP contribution is -2.51. The number of nitrogens with zero attached hydrogens (tertiary/aromatic N) is 3. The molecule has 0 amide bonds. The summed E-state index contributed by atoms with van der Waals surface area (Å²) in [5.41, 5.74) is 0.867. The van der Waals surface area contributed by atoms with Gasteiger partial charge in [0.2, 0.25) is 5.75 Å². The maximum absolute atomic E-state index is 9.79. The lowest BCUT2D eigenvalue weighted by Gasteiger charge is -2.41. The molecule has 1 heterocycles. The van der Waals surface area contributed by atoms with Crippen LogP contribution in [0.15, 0.2) is 12.1 Å². The van der Waals surface area contributed by atoms with Gasteiger partial charge in [0.15, 0.2) is 11.5 Å². The number of hydrogen-bond donors (Lipinski definition) is 0. The van der Waals surface area contributed by atoms with Crippen molar-refractivity contribution in [3.8, 4) is 23.3 Å². The molecule has 6 nitrogen and oxygen atoms in total. The van der Waals surface area contributed by atoms with Crippen molar-refractivity contribution in [3.63, 3.8) is 0 Å². The summed E-state index contributed by atoms with van der Waals surface area (Å²) in [7, 11) is 6.90. The predicted molar refractivity (Wildman–Crippen MR) is 92.7 cm³/mol. The van der Waals surface area contributed by atoms with Crippen LogP contribution in [0, 0.1) is 11.3 Å². The second-order valence-corrected chi connectivity index (χ2v) is 6.03. The summed E-state index contributed by atoms with van der Waals surface area (Å²) in [6.07, 6.45) is 1.07. The van der Waals surface area contributed by atoms with Crippen molar-refractivity contribution >= 4 is 0 Å². The van der Waals surface area contributed by atoms with Gasteiger partial charge in [-0.1, -0.05) is 6.92 Å². The number of rotatable bonds is 6. The number of ether oxygens (including phenoxy) is 3. The van der Waals surface area contributed by atoms with Crippen LogP contribution in [-0.2, 0) is 0 Å². The Morgan fingerprint density at radius 3 is 2.25 bits per heavy atom. The number of nitriles is 1. The van der Waals surface area contributed by atoms with Gasteiger partial charge in [0, 0.05) is 25.7 Å². The smallest absolute Gasteiger partial charge is 0.203 e. The maximum Gasteiger partial charge on any atom is 0.203 e. The van der Waals surface area contributed by atoms with Crippen LogP contribution in [0.1, 0.15) is 24.9 Å². The van der Waals surface area contributed by atoms with Crippen molar-refractivity contribution in [1.29, 1.82) is 5.26 Å². The van der Waals surface area contributed by atoms with E-state index >= 15 is 0 Å². The van der Waals surface area contributed by atoms with Gasteiger partial charge >= 0.3 is 0 Å². The molecule has 0 bridgehead atoms. The Labute approximate surface area is 144 Å². The van der Waals surface area contributed by atoms with Crippen molar-refractivity contribution in [1.82, 2.24) is 9.80 Å². The first kappa shape index (κ1) is 18.4. The molecular weight excluding hydrogens is 306 g/mol. The summed E-state index contributed by atoms with van der Waals surface area (Å²) in [5.74, 6) is 1.70. The van der Waals surface area contributed by atoms with Crippen molar-refractivity contribution in [3.05, 3.63) is 17.7 Å². The van der Waals surface area contributed by atoms with Crippen molar-refractivity contribution in [2.75, 3.05) is 48.0 Å². The highest BCUT2D eigenvalue weighted by molar-refractivity contribution is 5.55. The average molecular weight is 333 g/mol. The zero-order valence-corrected chi connectivity index (χ0v) is 15.2. The Morgan fingerprint density at radius 2 is 1.79 bits per heavy atom. The van der Waals surface area contributed by atoms with Crippen molar-refractivity contribution < 1.29 is 14.2 Å². The molecule has 0 N–H and O–H groups in total. The minimum absolute atomic E-state index is 0.332. The predicted octanol–water partition coefficient (Wildman–Crippen LogP) is 2.30. The summed E-state index contributed by atoms with van der Waals surface area (Å²) in [4.78, 5) is 4.59. The van der Waals surface area contributed by atoms with Crippen LogP contribution in [0.2, 0.25) is 0 Å². The lowest BCUT2D eigenvalue weighted by atomic mass is 10.0. The Balaban J connectivity index is 2.35. The van der Waals surface area contributed by atoms with Gasteiger partial charge in [0.1, 0.15) is 6.04 Å². The normalized spacial score (nSPS) is 20.2. The molecule has 1 aliphatic heterocycles. The largest absolute Gasteiger partial charge is 0.493 e. The standard InChI is InChI=1S/C18H27N3O3/c1-6-14-12-21(8-7-20(14)2)15(11-19)13-9-16(22-3)18(24-5)17(10-13)23-4/h9-10,14-15H,6-8,12H2,1-5H3. The molecule has 1 saturated heterocycles. The maximum atomic E-state index is 9.79. The van der Waals surface area contributed by atoms with Crippen molar-refractivity contribution in [2.24, 2.45) is 0 Å². The molecule has 24 heavy (non-hydrogen) atoms. The van der Waals surface area contributed by atoms with Gasteiger partial charge in [-0.25, -0.2) is 0 Å². The topological polar surface area (TPSA) is 58.0 Å². The Hall–Kier alpha value is -1.97. The zero-order valence-electron chi connectivity index (χ0n) is 15.2. The van der Waals surface area contributed by atoms with E-state index in [0.717, 1.165) is 31.6 Å². The van der Waals surface area contributed by atoms with Crippen LogP contribution in [0.25, 0.3) is 0 Å². The van der Waals surface area contributed by atoms with E-state index in [-0.39, 0.29) is 6.04 Å². The third kappa shape index (κ3) is 3.58. The van der Waals surface area contributed by atoms with Gasteiger partial charge in [-0.2, -0.15) is 5.26 Å². The van der Waals surface area contributed by atoms with E-state index in [1.807, 2.05) is 12.1 Å². The van der Waals surface area contributed by atoms with E-state index in [4.69, 9.17) is 14.2 Å². The Bertz CT molecular complexity index is 575. The van der Waals surface area contributed by atoms with E-state index in [2.05, 4.69) is 29.8 Å². The molecule has 6 heteroatoms. The molecule has 0 spiro atoms. The fourth-order valence-corrected chi connectivity index (χ4v) is 3.27. The van der Waals surface area contributed by atoms with E-state index in [0.29, 0.717) is 23.3 Å². The first-order valence-electron chi connectivity index (χ1n) is 8.23. The number of methoxy groups -OCH3 is 3. The fraction of sp³-hybridized carbons (Fsp3) is 0.611. The van der Waals surface area contributed by atoms with E-state index in [1.165, 1.54) is 0 Å². The first-order valence-corrected chi connectivity index (χ1v) is 8.23. The average Bonchev–Trinajstić information content (AvgIpc) is 2.62. The molecule has 2 unspecified atom stereocenters. The molecule has 0 aliphatic carbocycles. The minimum Gasteiger partial charge on any atom is -0.493 e. The minimum atomic E-state index is -0.332. The van der Waals surface area contributed by atoms with Crippen molar-refractivity contribution in [2.45, 2.75) is 25.4 Å². The third-order valence-electron chi connectivity index (χ3n) is 4.77. The highest BCUT2D eigenvalue weighted by atomic mass is 16.5. The molecular formula is C18H27N3O3. The van der Waals surface area contributed by atoms with E-state index < -0.39 is 0 Å². The third-order valence-corrected chi connectivity index (χ3v) is 4.77. The van der Waals surface area contributed by atoms with Crippen LogP contribution in [0.5, 0.6) is 17.2 Å². The molecule has 0 saturated carbocycles. The molecule has 132 valence electrons. The highest BCUT2D eigenvalue weighted by Crippen LogP contribution is 2.40. The summed E-state index contributed by atoms with van der Waals surface area (Å²) in [6.45, 7) is 4.89. The number of hydrogen-bond acceptors (Lipinski definition) is 6. The molecule has 2 atom stereocenters. The first-order chi connectivity index (χ1) is 11.6. The summed E-state index contributed by atoms with van der Waals surface area (Å²) < 4.78 is 16.2. The molecule has 2 rings (SSSR count). The van der Waals surface area contributed by atoms with Crippen LogP contribution < -0.4 is 14.2 Å². The molecule has 1 aromatic carbocycles. The van der Waals surface area contributed by atoms with Crippen LogP contribution in [0.4, 0.5) is 0 Å². The Kier molecular flexibility index (Phi) is 6.29. The summed E-state index contributed by atoms with van der Waals surface area (Å²) in [5, 5.41) is 9.79. The highest BCUT2D eigenvalue weighted by Gasteiger charge is 2.30. The molecule has 1 aliphatic rings. The number of piperazine rings is 1. The van der Waals surface area contributed by atoms with Crippen LogP contribution in [-0.4, -0.2) is 63.9 Å². The van der Waals surface area contributed by atoms with Gasteiger partial charge in [-0.3, -0.25) is 4.90 Å². The van der Waals surface area contributed by atoms with Gasteiger partial charge in [0.25, 0.3) is 0 Å². The number of benzene rings is 1. The van der Waals surface area contributed by atoms with Gasteiger partial charge in [0.05, 0.1) is 27.4 Å². The van der Waals surface area contributed by atoms with Gasteiger partial charge < -0.3 is 19.1 Å².